The van der Waals surface area contributed by atoms with Crippen LogP contribution in [-0.2, 0) is 16.5 Å². The van der Waals surface area contributed by atoms with Gasteiger partial charge in [0, 0.05) is 56.8 Å². The van der Waals surface area contributed by atoms with Gasteiger partial charge in [0.25, 0.3) is 0 Å². The number of aryl methyl sites for hydroxylation is 1. The van der Waals surface area contributed by atoms with Crippen LogP contribution < -0.4 is 5.32 Å². The lowest BCUT2D eigenvalue weighted by atomic mass is 9.92. The van der Waals surface area contributed by atoms with Crippen molar-refractivity contribution in [2.75, 3.05) is 38.8 Å². The van der Waals surface area contributed by atoms with E-state index in [1.165, 1.54) is 16.0 Å². The fraction of sp³-hybridized carbons (Fsp3) is 0.375. The summed E-state index contributed by atoms with van der Waals surface area (Å²) < 4.78 is 12.9. The standard InChI is InChI=1S/C24H27N5O2S/c1-29-12-10-26-23(29)22-27-21(25-11-15-30-2)19-18(16-6-4-3-5-7-16)20(32-24(19)28-22)17-8-13-31-14-9-17/h3-7,10,12,17H,8-9,11,13-15H2,1-2H3,(H,25,27,28). The van der Waals surface area contributed by atoms with Gasteiger partial charge in [-0.05, 0) is 24.3 Å². The van der Waals surface area contributed by atoms with E-state index in [-0.39, 0.29) is 0 Å². The van der Waals surface area contributed by atoms with Gasteiger partial charge in [-0.1, -0.05) is 30.3 Å². The summed E-state index contributed by atoms with van der Waals surface area (Å²) in [5.74, 6) is 2.67. The van der Waals surface area contributed by atoms with Gasteiger partial charge in [-0.15, -0.1) is 11.3 Å². The minimum Gasteiger partial charge on any atom is -0.383 e. The van der Waals surface area contributed by atoms with Crippen molar-refractivity contribution in [2.45, 2.75) is 18.8 Å². The molecular formula is C24H27N5O2S. The van der Waals surface area contributed by atoms with Crippen LogP contribution in [-0.4, -0.2) is 53.0 Å². The Bertz CT molecular complexity index is 1200. The van der Waals surface area contributed by atoms with Crippen molar-refractivity contribution in [2.24, 2.45) is 7.05 Å². The Morgan fingerprint density at radius 3 is 2.72 bits per heavy atom. The van der Waals surface area contributed by atoms with E-state index < -0.39 is 0 Å². The summed E-state index contributed by atoms with van der Waals surface area (Å²) in [6.07, 6.45) is 5.74. The van der Waals surface area contributed by atoms with Crippen LogP contribution in [0.4, 0.5) is 5.82 Å². The molecule has 1 aliphatic rings. The molecule has 0 atom stereocenters. The molecule has 0 saturated carbocycles. The van der Waals surface area contributed by atoms with Crippen LogP contribution in [0.15, 0.2) is 42.7 Å². The van der Waals surface area contributed by atoms with Gasteiger partial charge in [0.1, 0.15) is 10.6 Å². The largest absolute Gasteiger partial charge is 0.383 e. The third kappa shape index (κ3) is 4.01. The lowest BCUT2D eigenvalue weighted by molar-refractivity contribution is 0.0861. The van der Waals surface area contributed by atoms with Crippen LogP contribution in [0.25, 0.3) is 33.0 Å². The summed E-state index contributed by atoms with van der Waals surface area (Å²) >= 11 is 1.78. The van der Waals surface area contributed by atoms with Crippen LogP contribution in [0.2, 0.25) is 0 Å². The lowest BCUT2D eigenvalue weighted by Gasteiger charge is -2.22. The Kier molecular flexibility index (Phi) is 6.16. The Balaban J connectivity index is 1.74. The van der Waals surface area contributed by atoms with Crippen molar-refractivity contribution in [1.29, 1.82) is 0 Å². The van der Waals surface area contributed by atoms with E-state index in [0.29, 0.717) is 24.9 Å². The predicted octanol–water partition coefficient (Wildman–Crippen LogP) is 4.71. The molecule has 0 spiro atoms. The first kappa shape index (κ1) is 21.1. The number of fused-ring (bicyclic) bond motifs is 1. The maximum Gasteiger partial charge on any atom is 0.199 e. The third-order valence-electron chi connectivity index (χ3n) is 5.85. The smallest absolute Gasteiger partial charge is 0.199 e. The zero-order valence-electron chi connectivity index (χ0n) is 18.4. The number of nitrogens with one attached hydrogen (secondary N) is 1. The van der Waals surface area contributed by atoms with Crippen LogP contribution >= 0.6 is 11.3 Å². The van der Waals surface area contributed by atoms with Gasteiger partial charge in [0.2, 0.25) is 0 Å². The number of anilines is 1. The number of benzene rings is 1. The Hall–Kier alpha value is -2.81. The number of aromatic nitrogens is 4. The number of thiophene rings is 1. The van der Waals surface area contributed by atoms with Crippen molar-refractivity contribution < 1.29 is 9.47 Å². The Morgan fingerprint density at radius 2 is 2.00 bits per heavy atom. The van der Waals surface area contributed by atoms with E-state index in [4.69, 9.17) is 19.4 Å². The van der Waals surface area contributed by atoms with Gasteiger partial charge in [-0.3, -0.25) is 0 Å². The fourth-order valence-electron chi connectivity index (χ4n) is 4.24. The summed E-state index contributed by atoms with van der Waals surface area (Å²) in [5, 5.41) is 4.59. The number of methoxy groups -OCH3 is 1. The quantitative estimate of drug-likeness (QED) is 0.412. The van der Waals surface area contributed by atoms with Crippen molar-refractivity contribution in [1.82, 2.24) is 19.5 Å². The molecule has 5 rings (SSSR count). The van der Waals surface area contributed by atoms with Crippen LogP contribution in [0.3, 0.4) is 0 Å². The molecule has 1 fully saturated rings. The van der Waals surface area contributed by atoms with E-state index >= 15 is 0 Å². The van der Waals surface area contributed by atoms with Crippen molar-refractivity contribution in [3.8, 4) is 22.8 Å². The van der Waals surface area contributed by atoms with E-state index in [9.17, 15) is 0 Å². The van der Waals surface area contributed by atoms with E-state index in [1.54, 1.807) is 24.6 Å². The number of nitrogens with zero attached hydrogens (tertiary/aromatic N) is 4. The predicted molar refractivity (Wildman–Crippen MR) is 128 cm³/mol. The summed E-state index contributed by atoms with van der Waals surface area (Å²) in [4.78, 5) is 16.8. The number of hydrogen-bond acceptors (Lipinski definition) is 7. The van der Waals surface area contributed by atoms with Gasteiger partial charge >= 0.3 is 0 Å². The van der Waals surface area contributed by atoms with Crippen LogP contribution in [0.1, 0.15) is 23.6 Å². The molecule has 0 unspecified atom stereocenters. The maximum absolute atomic E-state index is 5.65. The molecule has 0 aliphatic carbocycles. The second-order valence-electron chi connectivity index (χ2n) is 7.95. The zero-order chi connectivity index (χ0) is 21.9. The van der Waals surface area contributed by atoms with Crippen LogP contribution in [0, 0.1) is 0 Å². The number of rotatable bonds is 7. The molecule has 4 heterocycles. The Labute approximate surface area is 191 Å². The van der Waals surface area contributed by atoms with E-state index in [2.05, 4.69) is 40.6 Å². The molecule has 0 bridgehead atoms. The normalized spacial score (nSPS) is 14.8. The Morgan fingerprint density at radius 1 is 1.19 bits per heavy atom. The summed E-state index contributed by atoms with van der Waals surface area (Å²) in [6, 6.07) is 10.6. The number of ether oxygens (including phenoxy) is 2. The topological polar surface area (TPSA) is 74.1 Å². The first-order valence-corrected chi connectivity index (χ1v) is 11.8. The molecular weight excluding hydrogens is 422 g/mol. The van der Waals surface area contributed by atoms with Gasteiger partial charge in [-0.25, -0.2) is 15.0 Å². The molecule has 166 valence electrons. The highest BCUT2D eigenvalue weighted by atomic mass is 32.1. The lowest BCUT2D eigenvalue weighted by Crippen LogP contribution is -2.13. The monoisotopic (exact) mass is 449 g/mol. The molecule has 1 aromatic carbocycles. The molecule has 0 radical (unpaired) electrons. The molecule has 0 amide bonds. The summed E-state index contributed by atoms with van der Waals surface area (Å²) in [6.45, 7) is 2.87. The number of imidazole rings is 1. The molecule has 4 aromatic rings. The first-order chi connectivity index (χ1) is 15.8. The second kappa shape index (κ2) is 9.36. The zero-order valence-corrected chi connectivity index (χ0v) is 19.2. The van der Waals surface area contributed by atoms with E-state index in [0.717, 1.165) is 47.9 Å². The third-order valence-corrected chi connectivity index (χ3v) is 7.10. The van der Waals surface area contributed by atoms with Gasteiger partial charge in [0.15, 0.2) is 11.6 Å². The fourth-order valence-corrected chi connectivity index (χ4v) is 5.60. The molecule has 1 saturated heterocycles. The molecule has 8 heteroatoms. The summed E-state index contributed by atoms with van der Waals surface area (Å²) in [7, 11) is 3.67. The van der Waals surface area contributed by atoms with Crippen molar-refractivity contribution >= 4 is 27.4 Å². The average molecular weight is 450 g/mol. The van der Waals surface area contributed by atoms with Gasteiger partial charge in [0.05, 0.1) is 12.0 Å². The molecule has 3 aromatic heterocycles. The molecule has 32 heavy (non-hydrogen) atoms. The SMILES string of the molecule is COCCNc1nc(-c2nccn2C)nc2sc(C3CCOCC3)c(-c3ccccc3)c12. The first-order valence-electron chi connectivity index (χ1n) is 10.9. The highest BCUT2D eigenvalue weighted by Crippen LogP contribution is 2.47. The summed E-state index contributed by atoms with van der Waals surface area (Å²) in [5.41, 5.74) is 2.44. The van der Waals surface area contributed by atoms with Gasteiger partial charge in [-0.2, -0.15) is 0 Å². The maximum atomic E-state index is 5.65. The average Bonchev–Trinajstić information content (AvgIpc) is 3.44. The minimum absolute atomic E-state index is 0.460. The van der Waals surface area contributed by atoms with Gasteiger partial charge < -0.3 is 19.4 Å². The van der Waals surface area contributed by atoms with Crippen molar-refractivity contribution in [3.05, 3.63) is 47.6 Å². The molecule has 1 N–H and O–H groups in total. The molecule has 1 aliphatic heterocycles. The highest BCUT2D eigenvalue weighted by Gasteiger charge is 2.27. The minimum atomic E-state index is 0.460. The molecule has 7 nitrogen and oxygen atoms in total. The van der Waals surface area contributed by atoms with Crippen LogP contribution in [0.5, 0.6) is 0 Å². The van der Waals surface area contributed by atoms with E-state index in [1.807, 2.05) is 17.8 Å². The second-order valence-corrected chi connectivity index (χ2v) is 8.98. The highest BCUT2D eigenvalue weighted by molar-refractivity contribution is 7.19. The van der Waals surface area contributed by atoms with Crippen molar-refractivity contribution in [3.63, 3.8) is 0 Å². The number of hydrogen-bond donors (Lipinski definition) is 1.